The van der Waals surface area contributed by atoms with Crippen molar-refractivity contribution >= 4 is 23.3 Å². The first-order chi connectivity index (χ1) is 16.1. The Morgan fingerprint density at radius 1 is 1.09 bits per heavy atom. The second-order valence-corrected chi connectivity index (χ2v) is 8.66. The quantitative estimate of drug-likeness (QED) is 0.399. The maximum Gasteiger partial charge on any atom is 0.294 e. The highest BCUT2D eigenvalue weighted by molar-refractivity contribution is 6.43. The van der Waals surface area contributed by atoms with Crippen LogP contribution in [0.4, 0.5) is 10.1 Å². The van der Waals surface area contributed by atoms with E-state index < -0.39 is 29.7 Å². The van der Waals surface area contributed by atoms with Crippen molar-refractivity contribution in [3.63, 3.8) is 0 Å². The molecule has 176 valence electrons. The molecule has 0 spiro atoms. The number of aliphatic hydroxyl groups excluding tert-OH is 1. The van der Waals surface area contributed by atoms with E-state index in [0.29, 0.717) is 28.9 Å². The van der Waals surface area contributed by atoms with Crippen LogP contribution in [0.15, 0.2) is 42.5 Å². The number of hydrogen-bond acceptors (Lipinski definition) is 4. The number of carbonyl (C=O) groups excluding carboxylic acids is 3. The van der Waals surface area contributed by atoms with Crippen LogP contribution in [0.25, 0.3) is 0 Å². The van der Waals surface area contributed by atoms with Gasteiger partial charge in [0.05, 0.1) is 23.4 Å². The van der Waals surface area contributed by atoms with Crippen LogP contribution in [-0.2, 0) is 18.3 Å². The number of carbonyl (C=O) groups is 3. The molecular formula is C26H26FN3O4. The summed E-state index contributed by atoms with van der Waals surface area (Å²) in [6.07, 6.45) is -0.434. The number of hydrogen-bond donors (Lipinski definition) is 3. The van der Waals surface area contributed by atoms with Crippen LogP contribution in [0, 0.1) is 26.6 Å². The molecule has 0 aliphatic heterocycles. The molecule has 0 unspecified atom stereocenters. The fourth-order valence-electron chi connectivity index (χ4n) is 4.61. The van der Waals surface area contributed by atoms with E-state index in [9.17, 15) is 23.9 Å². The number of ketones is 1. The van der Waals surface area contributed by atoms with Crippen LogP contribution >= 0.6 is 0 Å². The number of nitrogens with zero attached hydrogens (tertiary/aromatic N) is 1. The molecule has 2 atom stereocenters. The fourth-order valence-corrected chi connectivity index (χ4v) is 4.61. The van der Waals surface area contributed by atoms with Crippen molar-refractivity contribution in [2.75, 3.05) is 5.32 Å². The second-order valence-electron chi connectivity index (χ2n) is 8.66. The first-order valence-corrected chi connectivity index (χ1v) is 10.9. The molecule has 2 aromatic carbocycles. The van der Waals surface area contributed by atoms with Crippen molar-refractivity contribution in [3.8, 4) is 0 Å². The molecule has 1 aliphatic carbocycles. The summed E-state index contributed by atoms with van der Waals surface area (Å²) in [6, 6.07) is 10.9. The first kappa shape index (κ1) is 23.4. The van der Waals surface area contributed by atoms with Gasteiger partial charge in [-0.1, -0.05) is 24.3 Å². The maximum atomic E-state index is 13.6. The van der Waals surface area contributed by atoms with Gasteiger partial charge in [0.15, 0.2) is 0 Å². The number of aliphatic hydroxyl groups is 1. The summed E-state index contributed by atoms with van der Waals surface area (Å²) in [6.45, 7) is 4.89. The molecule has 0 radical (unpaired) electrons. The molecule has 0 fully saturated rings. The number of amides is 2. The lowest BCUT2D eigenvalue weighted by molar-refractivity contribution is -0.118. The lowest BCUT2D eigenvalue weighted by atomic mass is 10.1. The number of halogens is 1. The summed E-state index contributed by atoms with van der Waals surface area (Å²) in [5, 5.41) is 15.8. The summed E-state index contributed by atoms with van der Waals surface area (Å²) < 4.78 is 15.1. The molecule has 0 bridgehead atoms. The van der Waals surface area contributed by atoms with E-state index in [1.54, 1.807) is 27.8 Å². The van der Waals surface area contributed by atoms with Gasteiger partial charge in [0, 0.05) is 24.8 Å². The number of aryl methyl sites for hydroxylation is 1. The zero-order valence-electron chi connectivity index (χ0n) is 19.4. The van der Waals surface area contributed by atoms with E-state index in [1.807, 2.05) is 24.3 Å². The highest BCUT2D eigenvalue weighted by Gasteiger charge is 2.35. The SMILES string of the molecule is Cc1cc(NC(=O)c2c(C)c(C(=O)C(=O)N[C@@H]3c4ccccc4C[C@H]3O)n(C)c2C)ccc1F. The van der Waals surface area contributed by atoms with Crippen molar-refractivity contribution in [1.82, 2.24) is 9.88 Å². The molecule has 7 nitrogen and oxygen atoms in total. The summed E-state index contributed by atoms with van der Waals surface area (Å²) in [5.41, 5.74) is 3.76. The molecule has 34 heavy (non-hydrogen) atoms. The standard InChI is InChI=1S/C26H26FN3O4/c1-13-11-17(9-10-19(13)27)28-25(33)21-14(2)23(30(4)15(21)3)24(32)26(34)29-22-18-8-6-5-7-16(18)12-20(22)31/h5-11,20,22,31H,12H2,1-4H3,(H,28,33)(H,29,34)/t20-,22-/m1/s1. The van der Waals surface area contributed by atoms with Crippen LogP contribution in [-0.4, -0.2) is 33.4 Å². The van der Waals surface area contributed by atoms with Gasteiger partial charge in [0.25, 0.3) is 17.6 Å². The number of Topliss-reactive ketones (excluding diaryl/α,β-unsaturated/α-hetero) is 1. The Bertz CT molecular complexity index is 1330. The Balaban J connectivity index is 1.58. The Kier molecular flexibility index (Phi) is 6.10. The van der Waals surface area contributed by atoms with Gasteiger partial charge in [-0.15, -0.1) is 0 Å². The molecule has 1 aliphatic rings. The van der Waals surface area contributed by atoms with E-state index in [1.165, 1.54) is 22.8 Å². The van der Waals surface area contributed by atoms with Gasteiger partial charge in [-0.25, -0.2) is 4.39 Å². The lowest BCUT2D eigenvalue weighted by Gasteiger charge is -2.17. The predicted octanol–water partition coefficient (Wildman–Crippen LogP) is 3.30. The summed E-state index contributed by atoms with van der Waals surface area (Å²) in [7, 11) is 1.61. The van der Waals surface area contributed by atoms with Crippen molar-refractivity contribution in [1.29, 1.82) is 0 Å². The fraction of sp³-hybridized carbons (Fsp3) is 0.269. The average molecular weight is 464 g/mol. The van der Waals surface area contributed by atoms with E-state index in [-0.39, 0.29) is 17.1 Å². The summed E-state index contributed by atoms with van der Waals surface area (Å²) >= 11 is 0. The molecule has 0 saturated carbocycles. The van der Waals surface area contributed by atoms with Crippen molar-refractivity contribution < 1.29 is 23.9 Å². The molecular weight excluding hydrogens is 437 g/mol. The van der Waals surface area contributed by atoms with Crippen LogP contribution in [0.5, 0.6) is 0 Å². The summed E-state index contributed by atoms with van der Waals surface area (Å²) in [5.74, 6) is -2.49. The van der Waals surface area contributed by atoms with Crippen LogP contribution in [0.2, 0.25) is 0 Å². The Hall–Kier alpha value is -3.78. The average Bonchev–Trinajstić information content (AvgIpc) is 3.22. The zero-order valence-corrected chi connectivity index (χ0v) is 19.4. The smallest absolute Gasteiger partial charge is 0.294 e. The zero-order chi connectivity index (χ0) is 24.7. The normalized spacial score (nSPS) is 16.8. The third-order valence-corrected chi connectivity index (χ3v) is 6.49. The van der Waals surface area contributed by atoms with Gasteiger partial charge in [0.1, 0.15) is 5.82 Å². The first-order valence-electron chi connectivity index (χ1n) is 10.9. The number of fused-ring (bicyclic) bond motifs is 1. The largest absolute Gasteiger partial charge is 0.390 e. The minimum Gasteiger partial charge on any atom is -0.390 e. The number of nitrogens with one attached hydrogen (secondary N) is 2. The molecule has 4 rings (SSSR count). The third-order valence-electron chi connectivity index (χ3n) is 6.49. The minimum atomic E-state index is -0.856. The van der Waals surface area contributed by atoms with E-state index in [2.05, 4.69) is 10.6 Å². The molecule has 0 saturated heterocycles. The minimum absolute atomic E-state index is 0.0937. The van der Waals surface area contributed by atoms with Crippen molar-refractivity contribution in [3.05, 3.63) is 87.5 Å². The van der Waals surface area contributed by atoms with Gasteiger partial charge in [-0.05, 0) is 61.2 Å². The molecule has 3 N–H and O–H groups in total. The number of benzene rings is 2. The van der Waals surface area contributed by atoms with E-state index in [4.69, 9.17) is 0 Å². The van der Waals surface area contributed by atoms with Crippen LogP contribution in [0.3, 0.4) is 0 Å². The van der Waals surface area contributed by atoms with E-state index >= 15 is 0 Å². The van der Waals surface area contributed by atoms with Crippen molar-refractivity contribution in [2.45, 2.75) is 39.3 Å². The van der Waals surface area contributed by atoms with Gasteiger partial charge in [0.2, 0.25) is 0 Å². The number of aromatic nitrogens is 1. The molecule has 8 heteroatoms. The molecule has 1 aromatic heterocycles. The van der Waals surface area contributed by atoms with Gasteiger partial charge in [-0.3, -0.25) is 14.4 Å². The number of rotatable bonds is 5. The predicted molar refractivity (Wildman–Crippen MR) is 125 cm³/mol. The number of anilines is 1. The Morgan fingerprint density at radius 3 is 2.50 bits per heavy atom. The Morgan fingerprint density at radius 2 is 1.79 bits per heavy atom. The third kappa shape index (κ3) is 4.01. The lowest BCUT2D eigenvalue weighted by Crippen LogP contribution is -2.39. The monoisotopic (exact) mass is 463 g/mol. The molecule has 2 amide bonds. The second kappa shape index (κ2) is 8.87. The molecule has 1 heterocycles. The topological polar surface area (TPSA) is 100 Å². The van der Waals surface area contributed by atoms with Crippen molar-refractivity contribution in [2.24, 2.45) is 7.05 Å². The highest BCUT2D eigenvalue weighted by atomic mass is 19.1. The van der Waals surface area contributed by atoms with Crippen LogP contribution < -0.4 is 10.6 Å². The molecule has 3 aromatic rings. The Labute approximate surface area is 196 Å². The maximum absolute atomic E-state index is 13.6. The van der Waals surface area contributed by atoms with Crippen LogP contribution in [0.1, 0.15) is 54.8 Å². The van der Waals surface area contributed by atoms with Gasteiger partial charge < -0.3 is 20.3 Å². The summed E-state index contributed by atoms with van der Waals surface area (Å²) in [4.78, 5) is 39.0. The van der Waals surface area contributed by atoms with Gasteiger partial charge in [-0.2, -0.15) is 0 Å². The van der Waals surface area contributed by atoms with E-state index in [0.717, 1.165) is 11.1 Å². The highest BCUT2D eigenvalue weighted by Crippen LogP contribution is 2.31. The van der Waals surface area contributed by atoms with Gasteiger partial charge >= 0.3 is 0 Å².